The quantitative estimate of drug-likeness (QED) is 0.479. The molecule has 0 atom stereocenters. The van der Waals surface area contributed by atoms with E-state index in [4.69, 9.17) is 5.26 Å². The third-order valence-electron chi connectivity index (χ3n) is 1.69. The van der Waals surface area contributed by atoms with Crippen molar-refractivity contribution in [1.29, 1.82) is 5.26 Å². The molecule has 0 spiro atoms. The van der Waals surface area contributed by atoms with Crippen LogP contribution in [0.5, 0.6) is 0 Å². The summed E-state index contributed by atoms with van der Waals surface area (Å²) in [6.07, 6.45) is 0. The summed E-state index contributed by atoms with van der Waals surface area (Å²) in [6, 6.07) is 1.89. The number of nitrogens with zero attached hydrogens (tertiary/aromatic N) is 2. The number of imide groups is 1. The van der Waals surface area contributed by atoms with Crippen molar-refractivity contribution in [2.24, 2.45) is 0 Å². The summed E-state index contributed by atoms with van der Waals surface area (Å²) in [5.41, 5.74) is 0. The van der Waals surface area contributed by atoms with E-state index in [1.807, 2.05) is 6.07 Å². The molecule has 6 nitrogen and oxygen atoms in total. The van der Waals surface area contributed by atoms with Gasteiger partial charge in [0.05, 0.1) is 17.6 Å². The van der Waals surface area contributed by atoms with E-state index in [2.05, 4.69) is 5.32 Å². The highest BCUT2D eigenvalue weighted by molar-refractivity contribution is 8.00. The summed E-state index contributed by atoms with van der Waals surface area (Å²) < 4.78 is 0. The molecule has 80 valence electrons. The topological polar surface area (TPSA) is 90.3 Å². The molecule has 0 aromatic rings. The monoisotopic (exact) mass is 227 g/mol. The van der Waals surface area contributed by atoms with E-state index in [0.717, 1.165) is 11.8 Å². The minimum Gasteiger partial charge on any atom is -0.323 e. The summed E-state index contributed by atoms with van der Waals surface area (Å²) in [5.74, 6) is -0.887. The Morgan fingerprint density at radius 3 is 2.60 bits per heavy atom. The maximum atomic E-state index is 11.4. The zero-order valence-electron chi connectivity index (χ0n) is 7.86. The van der Waals surface area contributed by atoms with Crippen LogP contribution in [-0.2, 0) is 14.4 Å². The molecule has 1 N–H and O–H groups in total. The first kappa shape index (κ1) is 11.5. The van der Waals surface area contributed by atoms with E-state index in [0.29, 0.717) is 0 Å². The molecule has 0 bridgehead atoms. The van der Waals surface area contributed by atoms with Gasteiger partial charge in [-0.2, -0.15) is 5.26 Å². The summed E-state index contributed by atoms with van der Waals surface area (Å²) in [6.45, 7) is -0.171. The predicted octanol–water partition coefficient (Wildman–Crippen LogP) is -1.27. The van der Waals surface area contributed by atoms with Gasteiger partial charge >= 0.3 is 0 Å². The number of nitriles is 1. The zero-order valence-corrected chi connectivity index (χ0v) is 8.67. The Morgan fingerprint density at radius 1 is 1.47 bits per heavy atom. The van der Waals surface area contributed by atoms with Crippen molar-refractivity contribution in [2.45, 2.75) is 0 Å². The SMILES string of the molecule is N#CCSCC(=O)N1CC(=O)NC(=O)C1. The lowest BCUT2D eigenvalue weighted by Crippen LogP contribution is -2.53. The number of piperazine rings is 1. The van der Waals surface area contributed by atoms with E-state index in [1.54, 1.807) is 0 Å². The summed E-state index contributed by atoms with van der Waals surface area (Å²) in [4.78, 5) is 34.5. The van der Waals surface area contributed by atoms with Crippen LogP contribution in [0.2, 0.25) is 0 Å². The lowest BCUT2D eigenvalue weighted by Gasteiger charge is -2.25. The average molecular weight is 227 g/mol. The van der Waals surface area contributed by atoms with Crippen molar-refractivity contribution >= 4 is 29.5 Å². The largest absolute Gasteiger partial charge is 0.323 e. The fourth-order valence-corrected chi connectivity index (χ4v) is 1.64. The van der Waals surface area contributed by atoms with Crippen molar-refractivity contribution in [1.82, 2.24) is 10.2 Å². The molecule has 0 saturated carbocycles. The first-order chi connectivity index (χ1) is 7.13. The van der Waals surface area contributed by atoms with Crippen molar-refractivity contribution in [3.8, 4) is 6.07 Å². The second-order valence-corrected chi connectivity index (χ2v) is 3.86. The fourth-order valence-electron chi connectivity index (χ4n) is 1.09. The molecule has 1 heterocycles. The van der Waals surface area contributed by atoms with Crippen LogP contribution in [0.15, 0.2) is 0 Å². The van der Waals surface area contributed by atoms with Gasteiger partial charge in [0.1, 0.15) is 13.1 Å². The molecule has 1 aliphatic rings. The van der Waals surface area contributed by atoms with Gasteiger partial charge in [-0.3, -0.25) is 19.7 Å². The third-order valence-corrected chi connectivity index (χ3v) is 2.48. The molecule has 0 aromatic heterocycles. The number of carbonyl (C=O) groups excluding carboxylic acids is 3. The predicted molar refractivity (Wildman–Crippen MR) is 52.7 cm³/mol. The number of carbonyl (C=O) groups is 3. The highest BCUT2D eigenvalue weighted by atomic mass is 32.2. The highest BCUT2D eigenvalue weighted by Crippen LogP contribution is 2.03. The van der Waals surface area contributed by atoms with Crippen LogP contribution in [0.4, 0.5) is 0 Å². The number of thioether (sulfide) groups is 1. The first-order valence-corrected chi connectivity index (χ1v) is 5.34. The van der Waals surface area contributed by atoms with Crippen LogP contribution in [0.25, 0.3) is 0 Å². The van der Waals surface area contributed by atoms with Gasteiger partial charge in [-0.25, -0.2) is 0 Å². The highest BCUT2D eigenvalue weighted by Gasteiger charge is 2.25. The molecule has 0 aliphatic carbocycles. The minimum absolute atomic E-state index is 0.0856. The lowest BCUT2D eigenvalue weighted by molar-refractivity contribution is -0.144. The van der Waals surface area contributed by atoms with Gasteiger partial charge in [0, 0.05) is 0 Å². The smallest absolute Gasteiger partial charge is 0.246 e. The summed E-state index contributed by atoms with van der Waals surface area (Å²) >= 11 is 1.16. The number of amides is 3. The number of nitrogens with one attached hydrogen (secondary N) is 1. The van der Waals surface area contributed by atoms with Gasteiger partial charge in [0.2, 0.25) is 17.7 Å². The molecule has 1 rings (SSSR count). The molecule has 1 saturated heterocycles. The molecule has 0 unspecified atom stereocenters. The Kier molecular flexibility index (Phi) is 4.12. The second-order valence-electron chi connectivity index (χ2n) is 2.87. The Balaban J connectivity index is 2.42. The van der Waals surface area contributed by atoms with Crippen LogP contribution >= 0.6 is 11.8 Å². The standard InChI is InChI=1S/C8H9N3O3S/c9-1-2-15-5-8(14)11-3-6(12)10-7(13)4-11/h2-5H2,(H,10,12,13). The van der Waals surface area contributed by atoms with E-state index in [-0.39, 0.29) is 30.5 Å². The van der Waals surface area contributed by atoms with E-state index in [9.17, 15) is 14.4 Å². The first-order valence-electron chi connectivity index (χ1n) is 4.18. The van der Waals surface area contributed by atoms with Crippen LogP contribution in [0.3, 0.4) is 0 Å². The average Bonchev–Trinajstić information content (AvgIpc) is 2.16. The van der Waals surface area contributed by atoms with E-state index in [1.165, 1.54) is 4.90 Å². The molecule has 15 heavy (non-hydrogen) atoms. The normalized spacial score (nSPS) is 15.8. The molecule has 1 aliphatic heterocycles. The molecule has 3 amide bonds. The zero-order chi connectivity index (χ0) is 11.3. The summed E-state index contributed by atoms with van der Waals surface area (Å²) in [5, 5.41) is 10.4. The van der Waals surface area contributed by atoms with Gasteiger partial charge in [-0.15, -0.1) is 11.8 Å². The third kappa shape index (κ3) is 3.59. The van der Waals surface area contributed by atoms with Crippen molar-refractivity contribution in [3.63, 3.8) is 0 Å². The van der Waals surface area contributed by atoms with Crippen molar-refractivity contribution in [2.75, 3.05) is 24.6 Å². The Morgan fingerprint density at radius 2 is 2.07 bits per heavy atom. The number of hydrogen-bond acceptors (Lipinski definition) is 5. The Bertz CT molecular complexity index is 321. The van der Waals surface area contributed by atoms with E-state index >= 15 is 0 Å². The van der Waals surface area contributed by atoms with Crippen molar-refractivity contribution in [3.05, 3.63) is 0 Å². The van der Waals surface area contributed by atoms with Crippen molar-refractivity contribution < 1.29 is 14.4 Å². The number of hydrogen-bond donors (Lipinski definition) is 1. The molecule has 1 fully saturated rings. The number of rotatable bonds is 3. The minimum atomic E-state index is -0.468. The summed E-state index contributed by atoms with van der Waals surface area (Å²) in [7, 11) is 0. The molecule has 0 radical (unpaired) electrons. The molecular formula is C8H9N3O3S. The van der Waals surface area contributed by atoms with Gasteiger partial charge in [-0.05, 0) is 0 Å². The molecular weight excluding hydrogens is 218 g/mol. The second kappa shape index (κ2) is 5.36. The Hall–Kier alpha value is -1.55. The van der Waals surface area contributed by atoms with Gasteiger partial charge in [0.15, 0.2) is 0 Å². The maximum absolute atomic E-state index is 11.4. The Labute approximate surface area is 90.6 Å². The maximum Gasteiger partial charge on any atom is 0.246 e. The van der Waals surface area contributed by atoms with Gasteiger partial charge in [0.25, 0.3) is 0 Å². The molecule has 0 aromatic carbocycles. The van der Waals surface area contributed by atoms with Crippen LogP contribution in [0, 0.1) is 11.3 Å². The lowest BCUT2D eigenvalue weighted by atomic mass is 10.3. The molecule has 7 heteroatoms. The van der Waals surface area contributed by atoms with Crippen LogP contribution in [-0.4, -0.2) is 47.2 Å². The van der Waals surface area contributed by atoms with Gasteiger partial charge in [-0.1, -0.05) is 0 Å². The fraction of sp³-hybridized carbons (Fsp3) is 0.500. The van der Waals surface area contributed by atoms with E-state index < -0.39 is 11.8 Å². The van der Waals surface area contributed by atoms with Gasteiger partial charge < -0.3 is 4.90 Å². The van der Waals surface area contributed by atoms with Crippen LogP contribution < -0.4 is 5.32 Å². The van der Waals surface area contributed by atoms with Crippen LogP contribution in [0.1, 0.15) is 0 Å².